The van der Waals surface area contributed by atoms with Gasteiger partial charge in [0.1, 0.15) is 17.8 Å². The van der Waals surface area contributed by atoms with Crippen LogP contribution in [0.25, 0.3) is 0 Å². The van der Waals surface area contributed by atoms with Gasteiger partial charge in [0.2, 0.25) is 5.91 Å². The molecule has 1 aliphatic rings. The van der Waals surface area contributed by atoms with Crippen LogP contribution in [0, 0.1) is 0 Å². The Hall–Kier alpha value is -2.96. The number of carbonyl (C=O) groups excluding carboxylic acids is 2. The van der Waals surface area contributed by atoms with E-state index in [-0.39, 0.29) is 17.9 Å². The van der Waals surface area contributed by atoms with Crippen LogP contribution in [0.1, 0.15) is 30.3 Å². The van der Waals surface area contributed by atoms with Crippen molar-refractivity contribution < 1.29 is 9.59 Å². The third kappa shape index (κ3) is 4.26. The Morgan fingerprint density at radius 3 is 2.43 bits per heavy atom. The highest BCUT2D eigenvalue weighted by atomic mass is 16.2. The Morgan fingerprint density at radius 1 is 1.09 bits per heavy atom. The number of hydrogen-bond donors (Lipinski definition) is 3. The summed E-state index contributed by atoms with van der Waals surface area (Å²) in [6.07, 6.45) is 3.42. The highest BCUT2D eigenvalue weighted by molar-refractivity contribution is 5.93. The molecule has 118 valence electrons. The number of nitrogens with zero attached hydrogens (tertiary/aromatic N) is 2. The third-order valence-corrected chi connectivity index (χ3v) is 3.29. The molecule has 1 aromatic heterocycles. The summed E-state index contributed by atoms with van der Waals surface area (Å²) in [6, 6.07) is 9.10. The SMILES string of the molecule is CC(=O)Nc1ccc(Nc2cc(C(=O)NC3CC3)ncn2)cc1. The Morgan fingerprint density at radius 2 is 1.78 bits per heavy atom. The minimum Gasteiger partial charge on any atom is -0.348 e. The van der Waals surface area contributed by atoms with Crippen molar-refractivity contribution >= 4 is 29.0 Å². The lowest BCUT2D eigenvalue weighted by Gasteiger charge is -2.08. The topological polar surface area (TPSA) is 96.0 Å². The van der Waals surface area contributed by atoms with Crippen molar-refractivity contribution in [3.8, 4) is 0 Å². The van der Waals surface area contributed by atoms with E-state index >= 15 is 0 Å². The van der Waals surface area contributed by atoms with Crippen molar-refractivity contribution in [1.82, 2.24) is 15.3 Å². The van der Waals surface area contributed by atoms with Gasteiger partial charge in [0.05, 0.1) is 0 Å². The Labute approximate surface area is 133 Å². The standard InChI is InChI=1S/C16H17N5O2/c1-10(22)19-11-2-4-12(5-3-11)20-15-8-14(17-9-18-15)16(23)21-13-6-7-13/h2-5,8-9,13H,6-7H2,1H3,(H,19,22)(H,21,23)(H,17,18,20). The molecule has 0 radical (unpaired) electrons. The fraction of sp³-hybridized carbons (Fsp3) is 0.250. The summed E-state index contributed by atoms with van der Waals surface area (Å²) in [6.45, 7) is 1.46. The summed E-state index contributed by atoms with van der Waals surface area (Å²) in [5, 5.41) is 8.69. The molecule has 23 heavy (non-hydrogen) atoms. The van der Waals surface area contributed by atoms with E-state index in [2.05, 4.69) is 25.9 Å². The van der Waals surface area contributed by atoms with Gasteiger partial charge in [-0.3, -0.25) is 9.59 Å². The van der Waals surface area contributed by atoms with Crippen molar-refractivity contribution in [1.29, 1.82) is 0 Å². The summed E-state index contributed by atoms with van der Waals surface area (Å²) in [5.41, 5.74) is 1.85. The monoisotopic (exact) mass is 311 g/mol. The van der Waals surface area contributed by atoms with Gasteiger partial charge in [-0.25, -0.2) is 9.97 Å². The maximum absolute atomic E-state index is 12.0. The molecular formula is C16H17N5O2. The first-order valence-electron chi connectivity index (χ1n) is 7.38. The molecule has 7 heteroatoms. The number of nitrogens with one attached hydrogen (secondary N) is 3. The molecule has 2 aromatic rings. The van der Waals surface area contributed by atoms with Crippen LogP contribution in [-0.4, -0.2) is 27.8 Å². The van der Waals surface area contributed by atoms with Crippen molar-refractivity contribution in [3.05, 3.63) is 42.4 Å². The second-order valence-electron chi connectivity index (χ2n) is 5.42. The average Bonchev–Trinajstić information content (AvgIpc) is 3.33. The van der Waals surface area contributed by atoms with Crippen LogP contribution < -0.4 is 16.0 Å². The molecular weight excluding hydrogens is 294 g/mol. The zero-order valence-corrected chi connectivity index (χ0v) is 12.7. The van der Waals surface area contributed by atoms with Gasteiger partial charge in [0.25, 0.3) is 5.91 Å². The number of anilines is 3. The van der Waals surface area contributed by atoms with E-state index in [0.717, 1.165) is 24.2 Å². The average molecular weight is 311 g/mol. The van der Waals surface area contributed by atoms with Crippen LogP contribution in [0.15, 0.2) is 36.7 Å². The minimum atomic E-state index is -0.182. The largest absolute Gasteiger partial charge is 0.348 e. The minimum absolute atomic E-state index is 0.118. The molecule has 1 aromatic carbocycles. The number of benzene rings is 1. The van der Waals surface area contributed by atoms with Gasteiger partial charge >= 0.3 is 0 Å². The summed E-state index contributed by atoms with van der Waals surface area (Å²) in [7, 11) is 0. The molecule has 1 aliphatic carbocycles. The number of hydrogen-bond acceptors (Lipinski definition) is 5. The van der Waals surface area contributed by atoms with Gasteiger partial charge in [0.15, 0.2) is 0 Å². The second-order valence-corrected chi connectivity index (χ2v) is 5.42. The van der Waals surface area contributed by atoms with Gasteiger partial charge in [0, 0.05) is 30.4 Å². The molecule has 2 amide bonds. The quantitative estimate of drug-likeness (QED) is 0.785. The molecule has 1 saturated carbocycles. The third-order valence-electron chi connectivity index (χ3n) is 3.29. The lowest BCUT2D eigenvalue weighted by atomic mass is 10.2. The zero-order chi connectivity index (χ0) is 16.2. The first kappa shape index (κ1) is 15.0. The molecule has 0 unspecified atom stereocenters. The number of aromatic nitrogens is 2. The molecule has 7 nitrogen and oxygen atoms in total. The van der Waals surface area contributed by atoms with Crippen molar-refractivity contribution in [2.24, 2.45) is 0 Å². The lowest BCUT2D eigenvalue weighted by molar-refractivity contribution is -0.114. The number of rotatable bonds is 5. The predicted molar refractivity (Wildman–Crippen MR) is 86.5 cm³/mol. The van der Waals surface area contributed by atoms with E-state index in [9.17, 15) is 9.59 Å². The zero-order valence-electron chi connectivity index (χ0n) is 12.7. The number of amides is 2. The maximum atomic E-state index is 12.0. The maximum Gasteiger partial charge on any atom is 0.270 e. The summed E-state index contributed by atoms with van der Waals surface area (Å²) >= 11 is 0. The van der Waals surface area contributed by atoms with E-state index in [1.807, 2.05) is 12.1 Å². The van der Waals surface area contributed by atoms with E-state index in [0.29, 0.717) is 11.5 Å². The van der Waals surface area contributed by atoms with Crippen molar-refractivity contribution in [2.45, 2.75) is 25.8 Å². The van der Waals surface area contributed by atoms with Crippen LogP contribution >= 0.6 is 0 Å². The van der Waals surface area contributed by atoms with E-state index in [1.54, 1.807) is 18.2 Å². The molecule has 1 heterocycles. The van der Waals surface area contributed by atoms with Crippen LogP contribution in [0.2, 0.25) is 0 Å². The molecule has 0 spiro atoms. The first-order chi connectivity index (χ1) is 11.1. The molecule has 0 bridgehead atoms. The highest BCUT2D eigenvalue weighted by Gasteiger charge is 2.24. The highest BCUT2D eigenvalue weighted by Crippen LogP contribution is 2.20. The predicted octanol–water partition coefficient (Wildman–Crippen LogP) is 2.07. The van der Waals surface area contributed by atoms with Crippen LogP contribution in [0.4, 0.5) is 17.2 Å². The van der Waals surface area contributed by atoms with Gasteiger partial charge in [-0.15, -0.1) is 0 Å². The molecule has 0 aliphatic heterocycles. The van der Waals surface area contributed by atoms with E-state index in [1.165, 1.54) is 13.3 Å². The van der Waals surface area contributed by atoms with Crippen molar-refractivity contribution in [3.63, 3.8) is 0 Å². The normalized spacial score (nSPS) is 13.3. The van der Waals surface area contributed by atoms with Gasteiger partial charge < -0.3 is 16.0 Å². The van der Waals surface area contributed by atoms with Crippen LogP contribution in [-0.2, 0) is 4.79 Å². The lowest BCUT2D eigenvalue weighted by Crippen LogP contribution is -2.26. The summed E-state index contributed by atoms with van der Waals surface area (Å²) < 4.78 is 0. The summed E-state index contributed by atoms with van der Waals surface area (Å²) in [5.74, 6) is 0.236. The molecule has 1 fully saturated rings. The second kappa shape index (κ2) is 6.43. The molecule has 3 rings (SSSR count). The van der Waals surface area contributed by atoms with Crippen LogP contribution in [0.3, 0.4) is 0 Å². The van der Waals surface area contributed by atoms with E-state index < -0.39 is 0 Å². The molecule has 3 N–H and O–H groups in total. The fourth-order valence-electron chi connectivity index (χ4n) is 2.02. The van der Waals surface area contributed by atoms with Gasteiger partial charge in [-0.1, -0.05) is 0 Å². The van der Waals surface area contributed by atoms with Gasteiger partial charge in [-0.2, -0.15) is 0 Å². The van der Waals surface area contributed by atoms with Crippen molar-refractivity contribution in [2.75, 3.05) is 10.6 Å². The Kier molecular flexibility index (Phi) is 4.18. The van der Waals surface area contributed by atoms with Crippen LogP contribution in [0.5, 0.6) is 0 Å². The Bertz CT molecular complexity index is 726. The van der Waals surface area contributed by atoms with E-state index in [4.69, 9.17) is 0 Å². The summed E-state index contributed by atoms with van der Waals surface area (Å²) in [4.78, 5) is 31.1. The first-order valence-corrected chi connectivity index (χ1v) is 7.38. The fourth-order valence-corrected chi connectivity index (χ4v) is 2.02. The molecule has 0 atom stereocenters. The smallest absolute Gasteiger partial charge is 0.270 e. The Balaban J connectivity index is 1.67. The van der Waals surface area contributed by atoms with Gasteiger partial charge in [-0.05, 0) is 37.1 Å². The molecule has 0 saturated heterocycles. The number of carbonyl (C=O) groups is 2.